The van der Waals surface area contributed by atoms with Crippen LogP contribution in [0, 0.1) is 5.92 Å². The first kappa shape index (κ1) is 16.1. The van der Waals surface area contributed by atoms with Crippen LogP contribution in [0.25, 0.3) is 0 Å². The highest BCUT2D eigenvalue weighted by Crippen LogP contribution is 2.24. The molecule has 1 aliphatic heterocycles. The lowest BCUT2D eigenvalue weighted by Gasteiger charge is -2.28. The van der Waals surface area contributed by atoms with Gasteiger partial charge in [-0.2, -0.15) is 0 Å². The average molecular weight is 303 g/mol. The maximum atomic E-state index is 12.2. The number of ether oxygens (including phenoxy) is 2. The molecule has 1 aliphatic rings. The monoisotopic (exact) mass is 303 g/mol. The van der Waals surface area contributed by atoms with Crippen molar-refractivity contribution < 1.29 is 22.6 Å². The minimum absolute atomic E-state index is 0.180. The van der Waals surface area contributed by atoms with Gasteiger partial charge in [-0.05, 0) is 43.4 Å². The summed E-state index contributed by atoms with van der Waals surface area (Å²) in [6, 6.07) is 6.38. The van der Waals surface area contributed by atoms with Crippen LogP contribution in [-0.4, -0.2) is 25.6 Å². The molecular formula is C15H20F3NO2. The van der Waals surface area contributed by atoms with Gasteiger partial charge in [-0.25, -0.2) is 0 Å². The number of hydrogen-bond acceptors (Lipinski definition) is 3. The first-order valence-electron chi connectivity index (χ1n) is 7.10. The molecule has 1 fully saturated rings. The highest BCUT2D eigenvalue weighted by atomic mass is 19.4. The maximum absolute atomic E-state index is 12.2. The highest BCUT2D eigenvalue weighted by molar-refractivity contribution is 5.28. The van der Waals surface area contributed by atoms with E-state index in [0.29, 0.717) is 18.5 Å². The standard InChI is InChI=1S/C15H20F3NO2/c1-11(13-5-7-20-8-6-13)19-10-12-3-2-4-14(9-12)21-15(16,17)18/h2-4,9,11,13,19H,5-8,10H2,1H3. The first-order chi connectivity index (χ1) is 9.94. The van der Waals surface area contributed by atoms with Crippen molar-refractivity contribution in [2.45, 2.75) is 38.7 Å². The van der Waals surface area contributed by atoms with Gasteiger partial charge >= 0.3 is 6.36 Å². The first-order valence-corrected chi connectivity index (χ1v) is 7.10. The third-order valence-corrected chi connectivity index (χ3v) is 3.73. The second-order valence-corrected chi connectivity index (χ2v) is 5.31. The van der Waals surface area contributed by atoms with Gasteiger partial charge in [-0.3, -0.25) is 0 Å². The summed E-state index contributed by atoms with van der Waals surface area (Å²) in [6.07, 6.45) is -2.61. The molecule has 1 aromatic rings. The summed E-state index contributed by atoms with van der Waals surface area (Å²) in [5, 5.41) is 3.37. The van der Waals surface area contributed by atoms with E-state index in [4.69, 9.17) is 4.74 Å². The van der Waals surface area contributed by atoms with Crippen LogP contribution in [0.2, 0.25) is 0 Å². The van der Waals surface area contributed by atoms with Gasteiger partial charge in [0, 0.05) is 25.8 Å². The summed E-state index contributed by atoms with van der Waals surface area (Å²) in [4.78, 5) is 0. The molecule has 1 aromatic carbocycles. The molecule has 0 aliphatic carbocycles. The van der Waals surface area contributed by atoms with E-state index in [1.807, 2.05) is 0 Å². The zero-order valence-corrected chi connectivity index (χ0v) is 12.0. The van der Waals surface area contributed by atoms with E-state index in [9.17, 15) is 13.2 Å². The molecule has 21 heavy (non-hydrogen) atoms. The molecule has 118 valence electrons. The van der Waals surface area contributed by atoms with Crippen LogP contribution in [-0.2, 0) is 11.3 Å². The van der Waals surface area contributed by atoms with Crippen molar-refractivity contribution >= 4 is 0 Å². The third kappa shape index (κ3) is 5.55. The molecular weight excluding hydrogens is 283 g/mol. The molecule has 0 saturated carbocycles. The smallest absolute Gasteiger partial charge is 0.406 e. The Hall–Kier alpha value is -1.27. The van der Waals surface area contributed by atoms with Crippen molar-refractivity contribution in [2.75, 3.05) is 13.2 Å². The molecule has 0 spiro atoms. The highest BCUT2D eigenvalue weighted by Gasteiger charge is 2.31. The van der Waals surface area contributed by atoms with E-state index in [-0.39, 0.29) is 5.75 Å². The van der Waals surface area contributed by atoms with Crippen molar-refractivity contribution in [3.63, 3.8) is 0 Å². The Labute approximate surface area is 122 Å². The largest absolute Gasteiger partial charge is 0.573 e. The van der Waals surface area contributed by atoms with E-state index in [2.05, 4.69) is 17.0 Å². The van der Waals surface area contributed by atoms with E-state index in [1.165, 1.54) is 12.1 Å². The zero-order chi connectivity index (χ0) is 15.3. The lowest BCUT2D eigenvalue weighted by Crippen LogP contribution is -2.36. The molecule has 1 unspecified atom stereocenters. The van der Waals surface area contributed by atoms with E-state index >= 15 is 0 Å². The fourth-order valence-corrected chi connectivity index (χ4v) is 2.51. The molecule has 0 amide bonds. The minimum atomic E-state index is -4.65. The number of hydrogen-bond donors (Lipinski definition) is 1. The van der Waals surface area contributed by atoms with E-state index < -0.39 is 6.36 Å². The molecule has 1 saturated heterocycles. The van der Waals surface area contributed by atoms with Crippen molar-refractivity contribution in [3.8, 4) is 5.75 Å². The normalized spacial score (nSPS) is 18.5. The summed E-state index contributed by atoms with van der Waals surface area (Å²) >= 11 is 0. The Bertz CT molecular complexity index is 445. The Morgan fingerprint density at radius 2 is 2.05 bits per heavy atom. The summed E-state index contributed by atoms with van der Waals surface area (Å²) in [7, 11) is 0. The Balaban J connectivity index is 1.86. The minimum Gasteiger partial charge on any atom is -0.406 e. The molecule has 0 radical (unpaired) electrons. The molecule has 3 nitrogen and oxygen atoms in total. The van der Waals surface area contributed by atoms with Crippen LogP contribution in [0.1, 0.15) is 25.3 Å². The Kier molecular flexibility index (Phi) is 5.47. The van der Waals surface area contributed by atoms with Gasteiger partial charge < -0.3 is 14.8 Å². The fourth-order valence-electron chi connectivity index (χ4n) is 2.51. The predicted octanol–water partition coefficient (Wildman–Crippen LogP) is 3.49. The predicted molar refractivity (Wildman–Crippen MR) is 73.0 cm³/mol. The summed E-state index contributed by atoms with van der Waals surface area (Å²) in [6.45, 7) is 4.19. The molecule has 1 heterocycles. The number of nitrogens with one attached hydrogen (secondary N) is 1. The summed E-state index contributed by atoms with van der Waals surface area (Å²) in [5.74, 6) is 0.369. The second kappa shape index (κ2) is 7.13. The zero-order valence-electron chi connectivity index (χ0n) is 12.0. The van der Waals surface area contributed by atoms with Gasteiger partial charge in [0.2, 0.25) is 0 Å². The van der Waals surface area contributed by atoms with Crippen LogP contribution in [0.15, 0.2) is 24.3 Å². The quantitative estimate of drug-likeness (QED) is 0.903. The second-order valence-electron chi connectivity index (χ2n) is 5.31. The van der Waals surface area contributed by atoms with Gasteiger partial charge in [-0.1, -0.05) is 12.1 Å². The summed E-state index contributed by atoms with van der Waals surface area (Å²) < 4.78 is 45.8. The van der Waals surface area contributed by atoms with Crippen molar-refractivity contribution in [2.24, 2.45) is 5.92 Å². The number of benzene rings is 1. The molecule has 0 bridgehead atoms. The molecule has 0 aromatic heterocycles. The van der Waals surface area contributed by atoms with E-state index in [1.54, 1.807) is 12.1 Å². The SMILES string of the molecule is CC(NCc1cccc(OC(F)(F)F)c1)C1CCOCC1. The maximum Gasteiger partial charge on any atom is 0.573 e. The molecule has 6 heteroatoms. The van der Waals surface area contributed by atoms with Gasteiger partial charge in [0.05, 0.1) is 0 Å². The van der Waals surface area contributed by atoms with E-state index in [0.717, 1.165) is 31.6 Å². The Morgan fingerprint density at radius 3 is 2.71 bits per heavy atom. The van der Waals surface area contributed by atoms with Gasteiger partial charge in [-0.15, -0.1) is 13.2 Å². The number of alkyl halides is 3. The van der Waals surface area contributed by atoms with Crippen molar-refractivity contribution in [3.05, 3.63) is 29.8 Å². The molecule has 2 rings (SSSR count). The number of halogens is 3. The van der Waals surface area contributed by atoms with Gasteiger partial charge in [0.15, 0.2) is 0 Å². The lowest BCUT2D eigenvalue weighted by molar-refractivity contribution is -0.274. The van der Waals surface area contributed by atoms with Crippen molar-refractivity contribution in [1.82, 2.24) is 5.32 Å². The van der Waals surface area contributed by atoms with Gasteiger partial charge in [0.25, 0.3) is 0 Å². The van der Waals surface area contributed by atoms with Crippen LogP contribution < -0.4 is 10.1 Å². The Morgan fingerprint density at radius 1 is 1.33 bits per heavy atom. The van der Waals surface area contributed by atoms with Crippen LogP contribution >= 0.6 is 0 Å². The van der Waals surface area contributed by atoms with Crippen LogP contribution in [0.4, 0.5) is 13.2 Å². The van der Waals surface area contributed by atoms with Crippen LogP contribution in [0.5, 0.6) is 5.75 Å². The lowest BCUT2D eigenvalue weighted by atomic mass is 9.93. The van der Waals surface area contributed by atoms with Crippen LogP contribution in [0.3, 0.4) is 0 Å². The molecule has 1 N–H and O–H groups in total. The number of rotatable bonds is 5. The van der Waals surface area contributed by atoms with Gasteiger partial charge in [0.1, 0.15) is 5.75 Å². The third-order valence-electron chi connectivity index (χ3n) is 3.73. The van der Waals surface area contributed by atoms with Crippen molar-refractivity contribution in [1.29, 1.82) is 0 Å². The molecule has 1 atom stereocenters. The summed E-state index contributed by atoms with van der Waals surface area (Å²) in [5.41, 5.74) is 0.774. The topological polar surface area (TPSA) is 30.5 Å². The fraction of sp³-hybridized carbons (Fsp3) is 0.600. The average Bonchev–Trinajstić information content (AvgIpc) is 2.44.